The van der Waals surface area contributed by atoms with Gasteiger partial charge < -0.3 is 30.6 Å². The number of aliphatic hydroxyl groups is 6. The van der Waals surface area contributed by atoms with Crippen LogP contribution in [0.4, 0.5) is 0 Å². The van der Waals surface area contributed by atoms with E-state index in [9.17, 15) is 35.4 Å². The van der Waals surface area contributed by atoms with Crippen LogP contribution in [-0.2, 0) is 4.79 Å². The minimum absolute atomic E-state index is 0.0502. The van der Waals surface area contributed by atoms with Crippen LogP contribution in [0.2, 0.25) is 0 Å². The molecule has 4 saturated carbocycles. The van der Waals surface area contributed by atoms with Crippen molar-refractivity contribution in [3.8, 4) is 0 Å². The molecule has 4 aliphatic carbocycles. The Morgan fingerprint density at radius 1 is 1.03 bits per heavy atom. The molecule has 0 saturated heterocycles. The number of aliphatic hydroxyl groups excluding tert-OH is 3. The number of Topliss-reactive ketones (excluding diaryl/α,β-unsaturated/α-hetero) is 1. The molecule has 0 spiro atoms. The highest BCUT2D eigenvalue weighted by atomic mass is 16.3. The van der Waals surface area contributed by atoms with Crippen molar-refractivity contribution >= 4 is 5.78 Å². The number of ketones is 1. The molecule has 35 heavy (non-hydrogen) atoms. The van der Waals surface area contributed by atoms with E-state index in [2.05, 4.69) is 6.92 Å². The summed E-state index contributed by atoms with van der Waals surface area (Å²) in [5.41, 5.74) is -4.74. The lowest BCUT2D eigenvalue weighted by atomic mass is 9.42. The van der Waals surface area contributed by atoms with Gasteiger partial charge in [-0.2, -0.15) is 0 Å². The Morgan fingerprint density at radius 3 is 2.26 bits per heavy atom. The third-order valence-corrected chi connectivity index (χ3v) is 11.8. The first-order valence-electron chi connectivity index (χ1n) is 13.6. The molecule has 0 heterocycles. The van der Waals surface area contributed by atoms with Crippen LogP contribution in [0.25, 0.3) is 0 Å². The van der Waals surface area contributed by atoms with Crippen molar-refractivity contribution < 1.29 is 35.4 Å². The predicted molar refractivity (Wildman–Crippen MR) is 131 cm³/mol. The van der Waals surface area contributed by atoms with Crippen molar-refractivity contribution in [3.63, 3.8) is 0 Å². The Balaban J connectivity index is 1.63. The fourth-order valence-electron chi connectivity index (χ4n) is 9.06. The van der Waals surface area contributed by atoms with Crippen LogP contribution in [0, 0.1) is 40.4 Å². The van der Waals surface area contributed by atoms with E-state index in [1.807, 2.05) is 13.8 Å². The number of carbonyl (C=O) groups is 1. The molecule has 6 N–H and O–H groups in total. The molecule has 4 rings (SSSR count). The van der Waals surface area contributed by atoms with Gasteiger partial charge in [-0.3, -0.25) is 4.79 Å². The van der Waals surface area contributed by atoms with Crippen LogP contribution < -0.4 is 0 Å². The van der Waals surface area contributed by atoms with Crippen molar-refractivity contribution in [1.82, 2.24) is 0 Å². The summed E-state index contributed by atoms with van der Waals surface area (Å²) in [5.74, 6) is -1.05. The first kappa shape index (κ1) is 27.5. The topological polar surface area (TPSA) is 138 Å². The highest BCUT2D eigenvalue weighted by molar-refractivity contribution is 5.83. The largest absolute Gasteiger partial charge is 0.390 e. The molecular formula is C28H48O7. The van der Waals surface area contributed by atoms with Crippen molar-refractivity contribution in [2.45, 2.75) is 128 Å². The summed E-state index contributed by atoms with van der Waals surface area (Å²) in [4.78, 5) is 13.4. The number of hydrogen-bond acceptors (Lipinski definition) is 7. The molecule has 0 aliphatic heterocycles. The SMILES string of the molecule is C[C@H](C[C@@H](O)[C@](C)(O)[C@H]1CC[C@]2(O)C3CC(=O)[C@@H]4C[C@@H](O)[C@@H](O)C[C@]4(C)[C@@H]3CC[C@]12C)C(C)(C)O. The Kier molecular flexibility index (Phi) is 6.65. The summed E-state index contributed by atoms with van der Waals surface area (Å²) in [6.45, 7) is 11.0. The second-order valence-electron chi connectivity index (χ2n) is 14.0. The molecule has 7 nitrogen and oxygen atoms in total. The molecule has 0 aromatic carbocycles. The zero-order chi connectivity index (χ0) is 26.4. The van der Waals surface area contributed by atoms with E-state index in [1.54, 1.807) is 20.8 Å². The quantitative estimate of drug-likeness (QED) is 0.343. The van der Waals surface area contributed by atoms with Crippen molar-refractivity contribution in [2.75, 3.05) is 0 Å². The van der Waals surface area contributed by atoms with Gasteiger partial charge in [-0.05, 0) is 94.8 Å². The van der Waals surface area contributed by atoms with Gasteiger partial charge in [0.15, 0.2) is 0 Å². The van der Waals surface area contributed by atoms with E-state index in [0.29, 0.717) is 25.7 Å². The minimum atomic E-state index is -1.46. The van der Waals surface area contributed by atoms with Gasteiger partial charge in [-0.1, -0.05) is 20.8 Å². The molecule has 7 heteroatoms. The van der Waals surface area contributed by atoms with Crippen molar-refractivity contribution in [2.24, 2.45) is 40.4 Å². The van der Waals surface area contributed by atoms with E-state index in [4.69, 9.17) is 0 Å². The van der Waals surface area contributed by atoms with Gasteiger partial charge >= 0.3 is 0 Å². The maximum Gasteiger partial charge on any atom is 0.137 e. The number of fused-ring (bicyclic) bond motifs is 5. The van der Waals surface area contributed by atoms with Gasteiger partial charge in [-0.15, -0.1) is 0 Å². The maximum absolute atomic E-state index is 13.4. The Bertz CT molecular complexity index is 836. The molecule has 0 bridgehead atoms. The summed E-state index contributed by atoms with van der Waals surface area (Å²) < 4.78 is 0. The zero-order valence-corrected chi connectivity index (χ0v) is 22.4. The van der Waals surface area contributed by atoms with Crippen LogP contribution in [-0.4, -0.2) is 71.5 Å². The predicted octanol–water partition coefficient (Wildman–Crippen LogP) is 2.18. The third kappa shape index (κ3) is 3.95. The van der Waals surface area contributed by atoms with E-state index in [0.717, 1.165) is 6.42 Å². The molecule has 4 fully saturated rings. The standard InChI is InChI=1S/C28H48O7/c1-15(24(2,3)33)11-23(32)27(6,34)22-8-10-28(35)17-12-19(29)18-13-20(30)21(31)14-25(18,4)16(17)7-9-26(22,28)5/h15-18,20-23,30-35H,7-14H2,1-6H3/t15-,16-,17?,18+,20-,21+,22+,23-,25-,26-,27-,28+/m1/s1. The zero-order valence-electron chi connectivity index (χ0n) is 22.4. The molecule has 202 valence electrons. The van der Waals surface area contributed by atoms with Crippen LogP contribution in [0.1, 0.15) is 92.9 Å². The lowest BCUT2D eigenvalue weighted by Gasteiger charge is -2.64. The van der Waals surface area contributed by atoms with Crippen molar-refractivity contribution in [3.05, 3.63) is 0 Å². The molecule has 0 radical (unpaired) electrons. The maximum atomic E-state index is 13.4. The monoisotopic (exact) mass is 496 g/mol. The molecule has 0 aromatic rings. The fourth-order valence-corrected chi connectivity index (χ4v) is 9.06. The van der Waals surface area contributed by atoms with Crippen molar-refractivity contribution in [1.29, 1.82) is 0 Å². The number of rotatable bonds is 5. The van der Waals surface area contributed by atoms with Crippen LogP contribution >= 0.6 is 0 Å². The van der Waals surface area contributed by atoms with Crippen LogP contribution in [0.5, 0.6) is 0 Å². The van der Waals surface area contributed by atoms with Gasteiger partial charge in [0.1, 0.15) is 5.78 Å². The summed E-state index contributed by atoms with van der Waals surface area (Å²) in [7, 11) is 0. The smallest absolute Gasteiger partial charge is 0.137 e. The summed E-state index contributed by atoms with van der Waals surface area (Å²) in [6.07, 6.45) is 0.759. The molecule has 1 unspecified atom stereocenters. The first-order chi connectivity index (χ1) is 15.9. The van der Waals surface area contributed by atoms with Gasteiger partial charge in [0.25, 0.3) is 0 Å². The summed E-state index contributed by atoms with van der Waals surface area (Å²) in [6, 6.07) is 0. The van der Waals surface area contributed by atoms with Gasteiger partial charge in [0, 0.05) is 17.8 Å². The van der Waals surface area contributed by atoms with Gasteiger partial charge in [0.2, 0.25) is 0 Å². The molecule has 4 aliphatic rings. The molecule has 0 aromatic heterocycles. The number of hydrogen-bond donors (Lipinski definition) is 6. The first-order valence-corrected chi connectivity index (χ1v) is 13.6. The average molecular weight is 497 g/mol. The average Bonchev–Trinajstić information content (AvgIpc) is 3.01. The van der Waals surface area contributed by atoms with Gasteiger partial charge in [-0.25, -0.2) is 0 Å². The molecule has 12 atom stereocenters. The highest BCUT2D eigenvalue weighted by Gasteiger charge is 2.71. The van der Waals surface area contributed by atoms with Crippen LogP contribution in [0.15, 0.2) is 0 Å². The Hall–Kier alpha value is -0.570. The summed E-state index contributed by atoms with van der Waals surface area (Å²) in [5, 5.41) is 66.3. The minimum Gasteiger partial charge on any atom is -0.390 e. The highest BCUT2D eigenvalue weighted by Crippen LogP contribution is 2.69. The summed E-state index contributed by atoms with van der Waals surface area (Å²) >= 11 is 0. The Morgan fingerprint density at radius 2 is 1.66 bits per heavy atom. The normalized spacial score (nSPS) is 49.4. The van der Waals surface area contributed by atoms with E-state index in [-0.39, 0.29) is 54.6 Å². The fraction of sp³-hybridized carbons (Fsp3) is 0.964. The second kappa shape index (κ2) is 8.47. The van der Waals surface area contributed by atoms with Crippen LogP contribution in [0.3, 0.4) is 0 Å². The van der Waals surface area contributed by atoms with E-state index >= 15 is 0 Å². The number of carbonyl (C=O) groups excluding carboxylic acids is 1. The van der Waals surface area contributed by atoms with E-state index < -0.39 is 45.9 Å². The van der Waals surface area contributed by atoms with Gasteiger partial charge in [0.05, 0.1) is 35.1 Å². The Labute approximate surface area is 209 Å². The lowest BCUT2D eigenvalue weighted by Crippen LogP contribution is -2.66. The van der Waals surface area contributed by atoms with E-state index in [1.165, 1.54) is 0 Å². The lowest BCUT2D eigenvalue weighted by molar-refractivity contribution is -0.233. The molecule has 0 amide bonds. The second-order valence-corrected chi connectivity index (χ2v) is 14.0. The molecular weight excluding hydrogens is 448 g/mol. The third-order valence-electron chi connectivity index (χ3n) is 11.8.